The van der Waals surface area contributed by atoms with Crippen LogP contribution in [-0.4, -0.2) is 44.6 Å². The Labute approximate surface area is 172 Å². The SMILES string of the molecule is CC(NC(=O)C1CCCN1C(=O)OC(C)(C)C)c1ccc(-c2nccn2C)cc1. The molecule has 2 amide bonds. The topological polar surface area (TPSA) is 76.5 Å². The van der Waals surface area contributed by atoms with E-state index in [0.717, 1.165) is 23.4 Å². The highest BCUT2D eigenvalue weighted by Crippen LogP contribution is 2.23. The number of hydrogen-bond acceptors (Lipinski definition) is 4. The van der Waals surface area contributed by atoms with Crippen molar-refractivity contribution < 1.29 is 14.3 Å². The average molecular weight is 399 g/mol. The number of ether oxygens (including phenoxy) is 1. The molecule has 1 N–H and O–H groups in total. The van der Waals surface area contributed by atoms with Crippen molar-refractivity contribution >= 4 is 12.0 Å². The normalized spacial score (nSPS) is 17.8. The molecular formula is C22H30N4O3. The zero-order valence-corrected chi connectivity index (χ0v) is 17.8. The minimum absolute atomic E-state index is 0.144. The van der Waals surface area contributed by atoms with E-state index in [0.29, 0.717) is 13.0 Å². The van der Waals surface area contributed by atoms with E-state index in [-0.39, 0.29) is 11.9 Å². The second-order valence-electron chi connectivity index (χ2n) is 8.55. The van der Waals surface area contributed by atoms with Gasteiger partial charge in [0, 0.05) is 31.5 Å². The summed E-state index contributed by atoms with van der Waals surface area (Å²) >= 11 is 0. The number of likely N-dealkylation sites (tertiary alicyclic amines) is 1. The fraction of sp³-hybridized carbons (Fsp3) is 0.500. The first-order valence-electron chi connectivity index (χ1n) is 10.0. The Morgan fingerprint density at radius 3 is 2.52 bits per heavy atom. The van der Waals surface area contributed by atoms with Gasteiger partial charge in [-0.15, -0.1) is 0 Å². The fourth-order valence-electron chi connectivity index (χ4n) is 3.54. The van der Waals surface area contributed by atoms with Crippen LogP contribution in [-0.2, 0) is 16.6 Å². The lowest BCUT2D eigenvalue weighted by Gasteiger charge is -2.28. The van der Waals surface area contributed by atoms with Gasteiger partial charge >= 0.3 is 6.09 Å². The van der Waals surface area contributed by atoms with Gasteiger partial charge in [-0.05, 0) is 46.1 Å². The summed E-state index contributed by atoms with van der Waals surface area (Å²) in [6.45, 7) is 7.96. The molecule has 0 spiro atoms. The van der Waals surface area contributed by atoms with Crippen molar-refractivity contribution in [2.75, 3.05) is 6.54 Å². The molecule has 0 bridgehead atoms. The van der Waals surface area contributed by atoms with Gasteiger partial charge in [0.05, 0.1) is 6.04 Å². The Morgan fingerprint density at radius 1 is 1.24 bits per heavy atom. The maximum absolute atomic E-state index is 12.8. The predicted molar refractivity (Wildman–Crippen MR) is 111 cm³/mol. The lowest BCUT2D eigenvalue weighted by Crippen LogP contribution is -2.48. The number of nitrogens with one attached hydrogen (secondary N) is 1. The van der Waals surface area contributed by atoms with Gasteiger partial charge in [-0.3, -0.25) is 9.69 Å². The standard InChI is InChI=1S/C22H30N4O3/c1-15(16-8-10-17(11-9-16)19-23-12-14-25(19)5)24-20(27)18-7-6-13-26(18)21(28)29-22(2,3)4/h8-12,14-15,18H,6-7,13H2,1-5H3,(H,24,27). The second-order valence-corrected chi connectivity index (χ2v) is 8.55. The van der Waals surface area contributed by atoms with E-state index in [1.54, 1.807) is 6.20 Å². The summed E-state index contributed by atoms with van der Waals surface area (Å²) in [6.07, 6.45) is 4.69. The van der Waals surface area contributed by atoms with Crippen molar-refractivity contribution in [3.05, 3.63) is 42.2 Å². The van der Waals surface area contributed by atoms with Crippen molar-refractivity contribution in [2.45, 2.75) is 58.2 Å². The lowest BCUT2D eigenvalue weighted by atomic mass is 10.0. The van der Waals surface area contributed by atoms with Crippen LogP contribution in [0.5, 0.6) is 0 Å². The molecule has 0 aliphatic carbocycles. The van der Waals surface area contributed by atoms with Gasteiger partial charge in [0.15, 0.2) is 0 Å². The molecule has 7 heteroatoms. The molecule has 2 aromatic rings. The van der Waals surface area contributed by atoms with E-state index in [2.05, 4.69) is 10.3 Å². The minimum atomic E-state index is -0.580. The molecule has 2 atom stereocenters. The van der Waals surface area contributed by atoms with Crippen LogP contribution in [0.3, 0.4) is 0 Å². The van der Waals surface area contributed by atoms with Crippen molar-refractivity contribution in [1.29, 1.82) is 0 Å². The Balaban J connectivity index is 1.64. The predicted octanol–water partition coefficient (Wildman–Crippen LogP) is 3.66. The molecule has 0 saturated carbocycles. The molecule has 2 heterocycles. The van der Waals surface area contributed by atoms with Gasteiger partial charge in [0.2, 0.25) is 5.91 Å². The molecule has 1 aromatic carbocycles. The van der Waals surface area contributed by atoms with Crippen LogP contribution in [0.25, 0.3) is 11.4 Å². The summed E-state index contributed by atoms with van der Waals surface area (Å²) in [5.41, 5.74) is 1.44. The van der Waals surface area contributed by atoms with E-state index in [1.807, 2.05) is 69.8 Å². The van der Waals surface area contributed by atoms with E-state index in [9.17, 15) is 9.59 Å². The first-order chi connectivity index (χ1) is 13.7. The number of imidazole rings is 1. The molecule has 156 valence electrons. The molecule has 29 heavy (non-hydrogen) atoms. The fourth-order valence-corrected chi connectivity index (χ4v) is 3.54. The monoisotopic (exact) mass is 398 g/mol. The molecule has 0 radical (unpaired) electrons. The highest BCUT2D eigenvalue weighted by atomic mass is 16.6. The third-order valence-corrected chi connectivity index (χ3v) is 5.03. The van der Waals surface area contributed by atoms with E-state index in [4.69, 9.17) is 4.74 Å². The van der Waals surface area contributed by atoms with Crippen molar-refractivity contribution in [1.82, 2.24) is 19.8 Å². The van der Waals surface area contributed by atoms with Crippen LogP contribution in [0.15, 0.2) is 36.7 Å². The third kappa shape index (κ3) is 4.96. The first kappa shape index (κ1) is 20.9. The van der Waals surface area contributed by atoms with Crippen molar-refractivity contribution in [2.24, 2.45) is 7.05 Å². The number of rotatable bonds is 4. The molecule has 2 unspecified atom stereocenters. The molecule has 1 aromatic heterocycles. The smallest absolute Gasteiger partial charge is 0.410 e. The number of hydrogen-bond donors (Lipinski definition) is 1. The number of carbonyl (C=O) groups excluding carboxylic acids is 2. The zero-order chi connectivity index (χ0) is 21.2. The van der Waals surface area contributed by atoms with Gasteiger partial charge in [-0.2, -0.15) is 0 Å². The van der Waals surface area contributed by atoms with Crippen LogP contribution in [0.2, 0.25) is 0 Å². The summed E-state index contributed by atoms with van der Waals surface area (Å²) in [5, 5.41) is 3.04. The summed E-state index contributed by atoms with van der Waals surface area (Å²) in [4.78, 5) is 31.2. The minimum Gasteiger partial charge on any atom is -0.444 e. The Kier molecular flexibility index (Phi) is 5.96. The number of aryl methyl sites for hydroxylation is 1. The van der Waals surface area contributed by atoms with Gasteiger partial charge in [0.1, 0.15) is 17.5 Å². The average Bonchev–Trinajstić information content (AvgIpc) is 3.29. The molecule has 7 nitrogen and oxygen atoms in total. The van der Waals surface area contributed by atoms with E-state index >= 15 is 0 Å². The van der Waals surface area contributed by atoms with Crippen molar-refractivity contribution in [3.8, 4) is 11.4 Å². The number of amides is 2. The quantitative estimate of drug-likeness (QED) is 0.853. The molecule has 1 saturated heterocycles. The van der Waals surface area contributed by atoms with Gasteiger partial charge in [-0.25, -0.2) is 9.78 Å². The van der Waals surface area contributed by atoms with E-state index in [1.165, 1.54) is 4.90 Å². The maximum atomic E-state index is 12.8. The Bertz CT molecular complexity index is 867. The largest absolute Gasteiger partial charge is 0.444 e. The lowest BCUT2D eigenvalue weighted by molar-refractivity contribution is -0.126. The number of nitrogens with zero attached hydrogens (tertiary/aromatic N) is 3. The molecule has 1 fully saturated rings. The second kappa shape index (κ2) is 8.27. The van der Waals surface area contributed by atoms with Crippen molar-refractivity contribution in [3.63, 3.8) is 0 Å². The molecule has 3 rings (SSSR count). The van der Waals surface area contributed by atoms with Gasteiger partial charge < -0.3 is 14.6 Å². The van der Waals surface area contributed by atoms with Gasteiger partial charge in [0.25, 0.3) is 0 Å². The third-order valence-electron chi connectivity index (χ3n) is 5.03. The maximum Gasteiger partial charge on any atom is 0.410 e. The number of aromatic nitrogens is 2. The summed E-state index contributed by atoms with van der Waals surface area (Å²) in [5.74, 6) is 0.751. The first-order valence-corrected chi connectivity index (χ1v) is 10.0. The molecule has 1 aliphatic rings. The summed E-state index contributed by atoms with van der Waals surface area (Å²) < 4.78 is 7.41. The summed E-state index contributed by atoms with van der Waals surface area (Å²) in [6, 6.07) is 7.34. The van der Waals surface area contributed by atoms with Crippen LogP contribution < -0.4 is 5.32 Å². The van der Waals surface area contributed by atoms with Gasteiger partial charge in [-0.1, -0.05) is 24.3 Å². The van der Waals surface area contributed by atoms with Crippen LogP contribution in [0, 0.1) is 0 Å². The Hall–Kier alpha value is -2.83. The highest BCUT2D eigenvalue weighted by molar-refractivity contribution is 5.86. The summed E-state index contributed by atoms with van der Waals surface area (Å²) in [7, 11) is 1.96. The van der Waals surface area contributed by atoms with Crippen LogP contribution in [0.1, 0.15) is 52.1 Å². The number of carbonyl (C=O) groups is 2. The van der Waals surface area contributed by atoms with Crippen LogP contribution >= 0.6 is 0 Å². The van der Waals surface area contributed by atoms with E-state index < -0.39 is 17.7 Å². The van der Waals surface area contributed by atoms with Crippen LogP contribution in [0.4, 0.5) is 4.79 Å². The Morgan fingerprint density at radius 2 is 1.93 bits per heavy atom. The molecular weight excluding hydrogens is 368 g/mol. The number of benzene rings is 1. The highest BCUT2D eigenvalue weighted by Gasteiger charge is 2.37. The zero-order valence-electron chi connectivity index (χ0n) is 17.8. The molecule has 1 aliphatic heterocycles.